The average molecular weight is 387 g/mol. The minimum absolute atomic E-state index is 0.0472. The number of carbonyl (C=O) groups excluding carboxylic acids is 2. The number of nitrogens with zero attached hydrogens (tertiary/aromatic N) is 1. The molecule has 9 nitrogen and oxygen atoms in total. The van der Waals surface area contributed by atoms with E-state index in [0.717, 1.165) is 4.90 Å². The van der Waals surface area contributed by atoms with Crippen LogP contribution in [0.15, 0.2) is 48.5 Å². The van der Waals surface area contributed by atoms with E-state index in [1.54, 1.807) is 31.4 Å². The third kappa shape index (κ3) is 6.36. The Morgan fingerprint density at radius 3 is 1.82 bits per heavy atom. The molecule has 2 aromatic rings. The Bertz CT molecular complexity index is 821. The molecule has 9 heteroatoms. The largest absolute Gasteiger partial charge is 0.497 e. The van der Waals surface area contributed by atoms with Gasteiger partial charge in [0.2, 0.25) is 0 Å². The summed E-state index contributed by atoms with van der Waals surface area (Å²) in [6.07, 6.45) is 0. The summed E-state index contributed by atoms with van der Waals surface area (Å²) in [5.74, 6) is 0.217. The molecule has 0 heterocycles. The van der Waals surface area contributed by atoms with E-state index in [1.165, 1.54) is 24.3 Å². The molecule has 0 aliphatic carbocycles. The van der Waals surface area contributed by atoms with Crippen molar-refractivity contribution in [1.82, 2.24) is 0 Å². The highest BCUT2D eigenvalue weighted by Crippen LogP contribution is 2.15. The molecule has 0 spiro atoms. The van der Waals surface area contributed by atoms with Gasteiger partial charge in [-0.25, -0.2) is 0 Å². The number of quaternary nitrogens is 1. The maximum absolute atomic E-state index is 12.2. The second kappa shape index (κ2) is 10.0. The first kappa shape index (κ1) is 20.8. The second-order valence-corrected chi connectivity index (χ2v) is 6.09. The Labute approximate surface area is 162 Å². The van der Waals surface area contributed by atoms with Crippen molar-refractivity contribution in [1.29, 1.82) is 0 Å². The number of methoxy groups -OCH3 is 1. The van der Waals surface area contributed by atoms with Gasteiger partial charge in [0, 0.05) is 23.5 Å². The van der Waals surface area contributed by atoms with E-state index in [9.17, 15) is 19.7 Å². The van der Waals surface area contributed by atoms with Gasteiger partial charge in [0.05, 0.1) is 18.6 Å². The first-order valence-corrected chi connectivity index (χ1v) is 8.73. The number of likely N-dealkylation sites (N-methyl/N-ethyl adjacent to an activating group) is 1. The second-order valence-electron chi connectivity index (χ2n) is 6.09. The molecule has 0 fully saturated rings. The molecule has 28 heavy (non-hydrogen) atoms. The molecule has 0 aromatic heterocycles. The Morgan fingerprint density at radius 1 is 0.964 bits per heavy atom. The SMILES string of the molecule is CC[NH+](CC(=O)Nc1ccc(OC)cc1)CC(=O)Nc1ccc([N+](=O)[O-])cc1. The van der Waals surface area contributed by atoms with Crippen LogP contribution in [0.4, 0.5) is 17.1 Å². The lowest BCUT2D eigenvalue weighted by Crippen LogP contribution is -3.13. The minimum Gasteiger partial charge on any atom is -0.497 e. The van der Waals surface area contributed by atoms with Crippen molar-refractivity contribution in [3.8, 4) is 5.75 Å². The van der Waals surface area contributed by atoms with Crippen molar-refractivity contribution in [2.45, 2.75) is 6.92 Å². The number of benzene rings is 2. The van der Waals surface area contributed by atoms with Gasteiger partial charge < -0.3 is 20.3 Å². The summed E-state index contributed by atoms with van der Waals surface area (Å²) in [6, 6.07) is 12.6. The Hall–Kier alpha value is -3.46. The molecule has 1 unspecified atom stereocenters. The van der Waals surface area contributed by atoms with Crippen LogP contribution < -0.4 is 20.3 Å². The van der Waals surface area contributed by atoms with Crippen molar-refractivity contribution in [3.05, 3.63) is 58.6 Å². The standard InChI is InChI=1S/C19H22N4O5/c1-3-22(13-19(25)21-15-6-10-17(28-2)11-7-15)12-18(24)20-14-4-8-16(9-5-14)23(26)27/h4-11H,3,12-13H2,1-2H3,(H,20,24)(H,21,25)/p+1. The fourth-order valence-corrected chi connectivity index (χ4v) is 2.52. The number of rotatable bonds is 9. The zero-order chi connectivity index (χ0) is 20.5. The fourth-order valence-electron chi connectivity index (χ4n) is 2.52. The van der Waals surface area contributed by atoms with Crippen LogP contribution in [0.1, 0.15) is 6.92 Å². The summed E-state index contributed by atoms with van der Waals surface area (Å²) in [4.78, 5) is 35.4. The Kier molecular flexibility index (Phi) is 7.46. The quantitative estimate of drug-likeness (QED) is 0.440. The maximum atomic E-state index is 12.2. The number of carbonyl (C=O) groups is 2. The Balaban J connectivity index is 1.85. The van der Waals surface area contributed by atoms with Crippen molar-refractivity contribution >= 4 is 28.9 Å². The Morgan fingerprint density at radius 2 is 1.43 bits per heavy atom. The number of non-ortho nitro benzene ring substituents is 1. The summed E-state index contributed by atoms with van der Waals surface area (Å²) in [7, 11) is 1.57. The van der Waals surface area contributed by atoms with E-state index in [-0.39, 0.29) is 30.6 Å². The minimum atomic E-state index is -0.504. The number of nitro benzene ring substituents is 1. The van der Waals surface area contributed by atoms with Gasteiger partial charge in [-0.05, 0) is 43.3 Å². The van der Waals surface area contributed by atoms with Crippen LogP contribution >= 0.6 is 0 Å². The van der Waals surface area contributed by atoms with Crippen molar-refractivity contribution in [2.75, 3.05) is 37.4 Å². The number of ether oxygens (including phenoxy) is 1. The van der Waals surface area contributed by atoms with Gasteiger partial charge in [-0.2, -0.15) is 0 Å². The first-order valence-electron chi connectivity index (χ1n) is 8.73. The molecule has 148 valence electrons. The number of amides is 2. The molecule has 1 atom stereocenters. The highest BCUT2D eigenvalue weighted by Gasteiger charge is 2.17. The van der Waals surface area contributed by atoms with Crippen molar-refractivity contribution in [3.63, 3.8) is 0 Å². The zero-order valence-electron chi connectivity index (χ0n) is 15.7. The monoisotopic (exact) mass is 387 g/mol. The van der Waals surface area contributed by atoms with E-state index in [0.29, 0.717) is 23.7 Å². The molecular weight excluding hydrogens is 364 g/mol. The number of hydrogen-bond donors (Lipinski definition) is 3. The molecule has 0 aliphatic rings. The summed E-state index contributed by atoms with van der Waals surface area (Å²) >= 11 is 0. The van der Waals surface area contributed by atoms with Crippen molar-refractivity contribution < 1.29 is 24.1 Å². The normalized spacial score (nSPS) is 11.4. The molecule has 2 rings (SSSR count). The van der Waals surface area contributed by atoms with Gasteiger partial charge in [0.1, 0.15) is 5.75 Å². The molecule has 0 bridgehead atoms. The van der Waals surface area contributed by atoms with Crippen LogP contribution in [0.3, 0.4) is 0 Å². The third-order valence-electron chi connectivity index (χ3n) is 4.06. The number of anilines is 2. The van der Waals surface area contributed by atoms with Gasteiger partial charge in [-0.1, -0.05) is 0 Å². The van der Waals surface area contributed by atoms with Crippen molar-refractivity contribution in [2.24, 2.45) is 0 Å². The van der Waals surface area contributed by atoms with Crippen LogP contribution in [-0.4, -0.2) is 43.5 Å². The molecule has 0 saturated carbocycles. The predicted molar refractivity (Wildman–Crippen MR) is 105 cm³/mol. The van der Waals surface area contributed by atoms with Crippen LogP contribution in [-0.2, 0) is 9.59 Å². The lowest BCUT2D eigenvalue weighted by atomic mass is 10.3. The van der Waals surface area contributed by atoms with E-state index in [2.05, 4.69) is 10.6 Å². The molecular formula is C19H23N4O5+. The predicted octanol–water partition coefficient (Wildman–Crippen LogP) is 1.09. The smallest absolute Gasteiger partial charge is 0.279 e. The first-order chi connectivity index (χ1) is 13.4. The summed E-state index contributed by atoms with van der Waals surface area (Å²) < 4.78 is 5.07. The maximum Gasteiger partial charge on any atom is 0.279 e. The van der Waals surface area contributed by atoms with Crippen LogP contribution in [0.5, 0.6) is 5.75 Å². The highest BCUT2D eigenvalue weighted by molar-refractivity contribution is 5.93. The number of nitro groups is 1. The van der Waals surface area contributed by atoms with Crippen LogP contribution in [0.25, 0.3) is 0 Å². The lowest BCUT2D eigenvalue weighted by molar-refractivity contribution is -0.881. The molecule has 2 aromatic carbocycles. The summed E-state index contributed by atoms with van der Waals surface area (Å²) in [5.41, 5.74) is 1.07. The number of hydrogen-bond acceptors (Lipinski definition) is 5. The van der Waals surface area contributed by atoms with Gasteiger partial charge in [0.15, 0.2) is 13.1 Å². The van der Waals surface area contributed by atoms with Gasteiger partial charge >= 0.3 is 0 Å². The van der Waals surface area contributed by atoms with Crippen LogP contribution in [0, 0.1) is 10.1 Å². The number of nitrogens with one attached hydrogen (secondary N) is 3. The van der Waals surface area contributed by atoms with Crippen LogP contribution in [0.2, 0.25) is 0 Å². The van der Waals surface area contributed by atoms with E-state index >= 15 is 0 Å². The van der Waals surface area contributed by atoms with E-state index in [1.807, 2.05) is 6.92 Å². The summed E-state index contributed by atoms with van der Waals surface area (Å²) in [5, 5.41) is 16.1. The zero-order valence-corrected chi connectivity index (χ0v) is 15.7. The van der Waals surface area contributed by atoms with Gasteiger partial charge in [-0.3, -0.25) is 19.7 Å². The summed E-state index contributed by atoms with van der Waals surface area (Å²) in [6.45, 7) is 2.71. The molecule has 0 saturated heterocycles. The molecule has 0 aliphatic heterocycles. The van der Waals surface area contributed by atoms with Gasteiger partial charge in [-0.15, -0.1) is 0 Å². The molecule has 0 radical (unpaired) electrons. The van der Waals surface area contributed by atoms with Gasteiger partial charge in [0.25, 0.3) is 17.5 Å². The highest BCUT2D eigenvalue weighted by atomic mass is 16.6. The van der Waals surface area contributed by atoms with E-state index < -0.39 is 4.92 Å². The lowest BCUT2D eigenvalue weighted by Gasteiger charge is -2.17. The topological polar surface area (TPSA) is 115 Å². The average Bonchev–Trinajstić information content (AvgIpc) is 2.68. The molecule has 2 amide bonds. The third-order valence-corrected chi connectivity index (χ3v) is 4.06. The molecule has 3 N–H and O–H groups in total. The fraction of sp³-hybridized carbons (Fsp3) is 0.263. The van der Waals surface area contributed by atoms with E-state index in [4.69, 9.17) is 4.74 Å².